The summed E-state index contributed by atoms with van der Waals surface area (Å²) in [6, 6.07) is 0. The number of likely N-dealkylation sites (N-methyl/N-ethyl adjacent to an activating group) is 1. The fraction of sp³-hybridized carbons (Fsp3) is 0.600. The zero-order valence-corrected chi connectivity index (χ0v) is 10.5. The molecule has 0 bridgehead atoms. The van der Waals surface area contributed by atoms with Gasteiger partial charge in [0.05, 0.1) is 6.54 Å². The Hall–Kier alpha value is -1.14. The van der Waals surface area contributed by atoms with Crippen molar-refractivity contribution in [3.05, 3.63) is 11.1 Å². The van der Waals surface area contributed by atoms with Gasteiger partial charge in [-0.05, 0) is 13.5 Å². The number of aromatic nitrogens is 1. The molecule has 0 unspecified atom stereocenters. The average Bonchev–Trinajstić information content (AvgIpc) is 2.60. The summed E-state index contributed by atoms with van der Waals surface area (Å²) in [5.41, 5.74) is 5.53. The molecule has 0 aliphatic heterocycles. The second kappa shape index (κ2) is 6.44. The van der Waals surface area contributed by atoms with Crippen molar-refractivity contribution in [2.24, 2.45) is 0 Å². The molecule has 16 heavy (non-hydrogen) atoms. The number of amides is 1. The molecule has 1 aromatic rings. The maximum atomic E-state index is 11.4. The molecular weight excluding hydrogens is 224 g/mol. The first-order valence-electron chi connectivity index (χ1n) is 5.27. The van der Waals surface area contributed by atoms with Gasteiger partial charge in [-0.25, -0.2) is 4.98 Å². The fourth-order valence-corrected chi connectivity index (χ4v) is 2.05. The van der Waals surface area contributed by atoms with E-state index in [9.17, 15) is 4.79 Å². The van der Waals surface area contributed by atoms with Gasteiger partial charge in [0.25, 0.3) is 0 Å². The summed E-state index contributed by atoms with van der Waals surface area (Å²) in [7, 11) is 1.90. The first kappa shape index (κ1) is 12.9. The van der Waals surface area contributed by atoms with Crippen molar-refractivity contribution in [1.29, 1.82) is 0 Å². The first-order chi connectivity index (χ1) is 7.61. The summed E-state index contributed by atoms with van der Waals surface area (Å²) < 4.78 is 0. The number of anilines is 1. The number of hydrogen-bond donors (Lipinski definition) is 2. The predicted octanol–water partition coefficient (Wildman–Crippen LogP) is 0.683. The van der Waals surface area contributed by atoms with Crippen LogP contribution in [0.5, 0.6) is 0 Å². The topological polar surface area (TPSA) is 71.2 Å². The second-order valence-corrected chi connectivity index (χ2v) is 4.83. The van der Waals surface area contributed by atoms with Gasteiger partial charge in [0.15, 0.2) is 5.13 Å². The average molecular weight is 242 g/mol. The lowest BCUT2D eigenvalue weighted by molar-refractivity contribution is -0.122. The van der Waals surface area contributed by atoms with Crippen LogP contribution in [0.1, 0.15) is 18.2 Å². The summed E-state index contributed by atoms with van der Waals surface area (Å²) in [6.07, 6.45) is 2.71. The maximum Gasteiger partial charge on any atom is 0.234 e. The smallest absolute Gasteiger partial charge is 0.234 e. The number of nitrogens with zero attached hydrogens (tertiary/aromatic N) is 2. The van der Waals surface area contributed by atoms with Gasteiger partial charge in [0.1, 0.15) is 0 Å². The van der Waals surface area contributed by atoms with Gasteiger partial charge in [-0.15, -0.1) is 11.3 Å². The molecule has 3 N–H and O–H groups in total. The molecule has 0 aliphatic carbocycles. The molecule has 0 atom stereocenters. The monoisotopic (exact) mass is 242 g/mol. The number of rotatable bonds is 6. The summed E-state index contributed by atoms with van der Waals surface area (Å²) >= 11 is 1.45. The van der Waals surface area contributed by atoms with E-state index in [1.165, 1.54) is 11.3 Å². The van der Waals surface area contributed by atoms with Gasteiger partial charge < -0.3 is 11.1 Å². The molecule has 0 saturated carbocycles. The molecule has 0 radical (unpaired) electrons. The van der Waals surface area contributed by atoms with Crippen molar-refractivity contribution in [2.45, 2.75) is 19.9 Å². The Morgan fingerprint density at radius 2 is 2.44 bits per heavy atom. The van der Waals surface area contributed by atoms with E-state index in [4.69, 9.17) is 5.73 Å². The quantitative estimate of drug-likeness (QED) is 0.769. The Kier molecular flexibility index (Phi) is 5.21. The van der Waals surface area contributed by atoms with E-state index in [0.29, 0.717) is 18.2 Å². The predicted molar refractivity (Wildman–Crippen MR) is 66.2 cm³/mol. The van der Waals surface area contributed by atoms with Crippen molar-refractivity contribution >= 4 is 22.4 Å². The molecular formula is C10H18N4OS. The zero-order chi connectivity index (χ0) is 12.0. The lowest BCUT2D eigenvalue weighted by atomic mass is 10.4. The van der Waals surface area contributed by atoms with Gasteiger partial charge in [0, 0.05) is 24.2 Å². The number of carbonyl (C=O) groups excluding carboxylic acids is 1. The third-order valence-corrected chi connectivity index (χ3v) is 2.79. The minimum Gasteiger partial charge on any atom is -0.375 e. The second-order valence-electron chi connectivity index (χ2n) is 3.69. The van der Waals surface area contributed by atoms with E-state index < -0.39 is 0 Å². The number of nitrogens with two attached hydrogens (primary N) is 1. The number of hydrogen-bond acceptors (Lipinski definition) is 5. The van der Waals surface area contributed by atoms with E-state index in [-0.39, 0.29) is 5.91 Å². The number of thiazole rings is 1. The summed E-state index contributed by atoms with van der Waals surface area (Å²) in [6.45, 7) is 3.87. The van der Waals surface area contributed by atoms with Crippen LogP contribution in [0.2, 0.25) is 0 Å². The van der Waals surface area contributed by atoms with Crippen LogP contribution in [-0.2, 0) is 11.3 Å². The van der Waals surface area contributed by atoms with E-state index in [2.05, 4.69) is 10.3 Å². The Bertz CT molecular complexity index is 339. The van der Waals surface area contributed by atoms with Crippen LogP contribution in [0.25, 0.3) is 0 Å². The standard InChI is InChI=1S/C10H18N4OS/c1-3-4-12-9(15)7-14(2)6-8-5-13-10(11)16-8/h5H,3-4,6-7H2,1-2H3,(H2,11,13)(H,12,15). The van der Waals surface area contributed by atoms with E-state index in [1.54, 1.807) is 6.20 Å². The van der Waals surface area contributed by atoms with Crippen LogP contribution in [-0.4, -0.2) is 35.9 Å². The van der Waals surface area contributed by atoms with Gasteiger partial charge >= 0.3 is 0 Å². The van der Waals surface area contributed by atoms with Crippen LogP contribution in [0, 0.1) is 0 Å². The third-order valence-electron chi connectivity index (χ3n) is 1.98. The van der Waals surface area contributed by atoms with E-state index in [0.717, 1.165) is 17.8 Å². The summed E-state index contributed by atoms with van der Waals surface area (Å²) in [5, 5.41) is 3.41. The molecule has 1 amide bonds. The maximum absolute atomic E-state index is 11.4. The van der Waals surface area contributed by atoms with Gasteiger partial charge in [-0.1, -0.05) is 6.92 Å². The molecule has 6 heteroatoms. The SMILES string of the molecule is CCCNC(=O)CN(C)Cc1cnc(N)s1. The van der Waals surface area contributed by atoms with Crippen molar-refractivity contribution in [2.75, 3.05) is 25.9 Å². The van der Waals surface area contributed by atoms with E-state index >= 15 is 0 Å². The fourth-order valence-electron chi connectivity index (χ4n) is 1.28. The van der Waals surface area contributed by atoms with Crippen LogP contribution >= 0.6 is 11.3 Å². The highest BCUT2D eigenvalue weighted by Crippen LogP contribution is 2.15. The van der Waals surface area contributed by atoms with Crippen LogP contribution in [0.15, 0.2) is 6.20 Å². The molecule has 1 aromatic heterocycles. The van der Waals surface area contributed by atoms with E-state index in [1.807, 2.05) is 18.9 Å². The largest absolute Gasteiger partial charge is 0.375 e. The van der Waals surface area contributed by atoms with Gasteiger partial charge in [-0.2, -0.15) is 0 Å². The molecule has 1 rings (SSSR count). The van der Waals surface area contributed by atoms with Gasteiger partial charge in [-0.3, -0.25) is 9.69 Å². The highest BCUT2D eigenvalue weighted by molar-refractivity contribution is 7.15. The Labute approximate surface area is 99.7 Å². The lowest BCUT2D eigenvalue weighted by Gasteiger charge is -2.14. The third kappa shape index (κ3) is 4.59. The lowest BCUT2D eigenvalue weighted by Crippen LogP contribution is -2.35. The Morgan fingerprint density at radius 1 is 1.69 bits per heavy atom. The molecule has 0 aromatic carbocycles. The minimum absolute atomic E-state index is 0.0573. The van der Waals surface area contributed by atoms with Crippen molar-refractivity contribution in [1.82, 2.24) is 15.2 Å². The molecule has 0 saturated heterocycles. The number of nitrogen functional groups attached to an aromatic ring is 1. The van der Waals surface area contributed by atoms with Crippen LogP contribution < -0.4 is 11.1 Å². The number of carbonyl (C=O) groups is 1. The zero-order valence-electron chi connectivity index (χ0n) is 9.69. The molecule has 5 nitrogen and oxygen atoms in total. The molecule has 1 heterocycles. The minimum atomic E-state index is 0.0573. The normalized spacial score (nSPS) is 10.7. The molecule has 0 aliphatic rings. The van der Waals surface area contributed by atoms with Gasteiger partial charge in [0.2, 0.25) is 5.91 Å². The van der Waals surface area contributed by atoms with Crippen LogP contribution in [0.3, 0.4) is 0 Å². The van der Waals surface area contributed by atoms with Crippen molar-refractivity contribution in [3.8, 4) is 0 Å². The van der Waals surface area contributed by atoms with Crippen LogP contribution in [0.4, 0.5) is 5.13 Å². The Balaban J connectivity index is 2.30. The number of nitrogens with one attached hydrogen (secondary N) is 1. The highest BCUT2D eigenvalue weighted by atomic mass is 32.1. The summed E-state index contributed by atoms with van der Waals surface area (Å²) in [4.78, 5) is 18.4. The van der Waals surface area contributed by atoms with Crippen molar-refractivity contribution < 1.29 is 4.79 Å². The molecule has 0 spiro atoms. The summed E-state index contributed by atoms with van der Waals surface area (Å²) in [5.74, 6) is 0.0573. The Morgan fingerprint density at radius 3 is 3.00 bits per heavy atom. The highest BCUT2D eigenvalue weighted by Gasteiger charge is 2.07. The first-order valence-corrected chi connectivity index (χ1v) is 6.09. The molecule has 90 valence electrons. The molecule has 0 fully saturated rings. The van der Waals surface area contributed by atoms with Crippen molar-refractivity contribution in [3.63, 3.8) is 0 Å².